The van der Waals surface area contributed by atoms with E-state index in [1.54, 1.807) is 24.3 Å². The molecule has 3 rings (SSSR count). The van der Waals surface area contributed by atoms with Crippen molar-refractivity contribution in [3.8, 4) is 11.5 Å². The summed E-state index contributed by atoms with van der Waals surface area (Å²) in [5, 5.41) is 23.8. The fourth-order valence-corrected chi connectivity index (χ4v) is 2.49. The van der Waals surface area contributed by atoms with Crippen molar-refractivity contribution < 1.29 is 29.3 Å². The van der Waals surface area contributed by atoms with Crippen LogP contribution in [0.1, 0.15) is 0 Å². The quantitative estimate of drug-likeness (QED) is 0.664. The van der Waals surface area contributed by atoms with E-state index in [2.05, 4.69) is 15.2 Å². The number of nitrogens with one attached hydrogen (secondary N) is 1. The zero-order valence-corrected chi connectivity index (χ0v) is 13.7. The number of anilines is 1. The van der Waals surface area contributed by atoms with Gasteiger partial charge >= 0.3 is 5.97 Å². The normalized spacial score (nSPS) is 18.9. The molecule has 1 aliphatic rings. The topological polar surface area (TPSA) is 135 Å². The number of para-hydroxylation sites is 1. The monoisotopic (exact) mass is 370 g/mol. The van der Waals surface area contributed by atoms with Crippen molar-refractivity contribution in [1.82, 2.24) is 0 Å². The lowest BCUT2D eigenvalue weighted by atomic mass is 10.1. The Balaban J connectivity index is 1.75. The molecule has 2 atom stereocenters. The molecule has 9 heteroatoms. The molecule has 0 saturated carbocycles. The number of carboxylic acid groups (broad SMARTS) is 1. The first-order chi connectivity index (χ1) is 13.0. The Kier molecular flexibility index (Phi) is 5.25. The Labute approximate surface area is 152 Å². The van der Waals surface area contributed by atoms with Gasteiger partial charge < -0.3 is 25.0 Å². The average molecular weight is 370 g/mol. The minimum atomic E-state index is -1.86. The van der Waals surface area contributed by atoms with Gasteiger partial charge in [0, 0.05) is 5.69 Å². The number of aliphatic hydroxyl groups is 1. The number of carbonyl (C=O) groups excluding carboxylic acids is 1. The third kappa shape index (κ3) is 4.00. The van der Waals surface area contributed by atoms with Crippen molar-refractivity contribution in [2.24, 2.45) is 5.18 Å². The lowest BCUT2D eigenvalue weighted by molar-refractivity contribution is -0.134. The molecule has 1 heterocycles. The Hall–Kier alpha value is -3.56. The van der Waals surface area contributed by atoms with Crippen molar-refractivity contribution in [2.45, 2.75) is 12.5 Å². The number of nitroso groups, excluding NO2 is 1. The Morgan fingerprint density at radius 1 is 1.00 bits per heavy atom. The summed E-state index contributed by atoms with van der Waals surface area (Å²) >= 11 is 0. The van der Waals surface area contributed by atoms with Gasteiger partial charge in [0.25, 0.3) is 5.91 Å². The van der Waals surface area contributed by atoms with Crippen LogP contribution in [0.4, 0.5) is 5.69 Å². The summed E-state index contributed by atoms with van der Waals surface area (Å²) in [5.41, 5.74) is -0.942. The molecule has 0 aliphatic carbocycles. The molecule has 0 saturated heterocycles. The van der Waals surface area contributed by atoms with Crippen molar-refractivity contribution in [3.05, 3.63) is 70.7 Å². The maximum Gasteiger partial charge on any atom is 0.337 e. The van der Waals surface area contributed by atoms with Crippen LogP contribution in [-0.2, 0) is 14.3 Å². The van der Waals surface area contributed by atoms with E-state index in [0.717, 1.165) is 0 Å². The number of carbonyl (C=O) groups is 2. The molecule has 138 valence electrons. The second-order valence-corrected chi connectivity index (χ2v) is 5.47. The average Bonchev–Trinajstić information content (AvgIpc) is 3.01. The van der Waals surface area contributed by atoms with Gasteiger partial charge in [-0.05, 0) is 41.6 Å². The molecular weight excluding hydrogens is 356 g/mol. The van der Waals surface area contributed by atoms with Crippen LogP contribution in [0.3, 0.4) is 0 Å². The summed E-state index contributed by atoms with van der Waals surface area (Å²) in [6, 6.07) is 15.4. The highest BCUT2D eigenvalue weighted by Gasteiger charge is 2.42. The number of amides is 1. The molecule has 0 fully saturated rings. The highest BCUT2D eigenvalue weighted by Crippen LogP contribution is 2.29. The van der Waals surface area contributed by atoms with Crippen molar-refractivity contribution in [2.75, 3.05) is 5.32 Å². The third-order valence-corrected chi connectivity index (χ3v) is 3.70. The van der Waals surface area contributed by atoms with E-state index in [9.17, 15) is 19.6 Å². The number of hydrogen-bond donors (Lipinski definition) is 3. The number of nitrogens with zero attached hydrogens (tertiary/aromatic N) is 1. The summed E-state index contributed by atoms with van der Waals surface area (Å²) in [7, 11) is 0. The summed E-state index contributed by atoms with van der Waals surface area (Å²) < 4.78 is 10.3. The highest BCUT2D eigenvalue weighted by molar-refractivity contribution is 6.10. The van der Waals surface area contributed by atoms with Gasteiger partial charge in [0.15, 0.2) is 6.29 Å². The Morgan fingerprint density at radius 3 is 2.22 bits per heavy atom. The van der Waals surface area contributed by atoms with E-state index in [0.29, 0.717) is 17.2 Å². The van der Waals surface area contributed by atoms with E-state index in [1.807, 2.05) is 18.2 Å². The summed E-state index contributed by atoms with van der Waals surface area (Å²) in [6.45, 7) is 0. The van der Waals surface area contributed by atoms with E-state index >= 15 is 0 Å². The molecular formula is C18H14N2O7. The predicted octanol–water partition coefficient (Wildman–Crippen LogP) is 2.24. The minimum Gasteiger partial charge on any atom is -0.478 e. The lowest BCUT2D eigenvalue weighted by Gasteiger charge is -2.10. The summed E-state index contributed by atoms with van der Waals surface area (Å²) in [4.78, 5) is 34.2. The van der Waals surface area contributed by atoms with Crippen molar-refractivity contribution in [3.63, 3.8) is 0 Å². The second-order valence-electron chi connectivity index (χ2n) is 5.47. The fourth-order valence-electron chi connectivity index (χ4n) is 2.49. The van der Waals surface area contributed by atoms with Gasteiger partial charge in [-0.2, -0.15) is 0 Å². The van der Waals surface area contributed by atoms with Gasteiger partial charge in [-0.25, -0.2) is 4.79 Å². The van der Waals surface area contributed by atoms with Crippen LogP contribution < -0.4 is 10.1 Å². The first-order valence-corrected chi connectivity index (χ1v) is 7.77. The molecule has 9 nitrogen and oxygen atoms in total. The van der Waals surface area contributed by atoms with Crippen molar-refractivity contribution in [1.29, 1.82) is 0 Å². The molecule has 1 aliphatic heterocycles. The van der Waals surface area contributed by atoms with Gasteiger partial charge in [-0.3, -0.25) is 4.79 Å². The molecule has 2 aromatic carbocycles. The zero-order valence-electron chi connectivity index (χ0n) is 13.7. The van der Waals surface area contributed by atoms with Crippen LogP contribution in [-0.4, -0.2) is 34.6 Å². The van der Waals surface area contributed by atoms with E-state index in [-0.39, 0.29) is 0 Å². The summed E-state index contributed by atoms with van der Waals surface area (Å²) in [6.07, 6.45) is -3.61. The van der Waals surface area contributed by atoms with Crippen LogP contribution in [0.5, 0.6) is 11.5 Å². The molecule has 27 heavy (non-hydrogen) atoms. The number of ether oxygens (including phenoxy) is 2. The first kappa shape index (κ1) is 18.2. The number of aliphatic carboxylic acids is 1. The molecule has 0 spiro atoms. The fraction of sp³-hybridized carbons (Fsp3) is 0.111. The molecule has 0 radical (unpaired) electrons. The number of carboxylic acids is 1. The predicted molar refractivity (Wildman–Crippen MR) is 92.9 cm³/mol. The van der Waals surface area contributed by atoms with Gasteiger partial charge in [-0.1, -0.05) is 18.2 Å². The smallest absolute Gasteiger partial charge is 0.337 e. The summed E-state index contributed by atoms with van der Waals surface area (Å²) in [5.74, 6) is -1.32. The standard InChI is InChI=1S/C18H14N2O7/c21-15(13-14(17(22)23)16(20-25)27-18(13)24)19-10-6-8-12(9-7-10)26-11-4-2-1-3-5-11/h1-9,16,18,24H,(H,19,21)(H,22,23). The first-order valence-electron chi connectivity index (χ1n) is 7.77. The second kappa shape index (κ2) is 7.77. The van der Waals surface area contributed by atoms with Crippen LogP contribution in [0.15, 0.2) is 70.9 Å². The molecule has 2 aromatic rings. The SMILES string of the molecule is O=NC1OC(O)C(C(=O)Nc2ccc(Oc3ccccc3)cc2)=C1C(=O)O. The molecule has 0 bridgehead atoms. The Morgan fingerprint density at radius 2 is 1.63 bits per heavy atom. The van der Waals surface area contributed by atoms with Crippen LogP contribution in [0, 0.1) is 4.91 Å². The molecule has 2 unspecified atom stereocenters. The van der Waals surface area contributed by atoms with Crippen LogP contribution in [0.2, 0.25) is 0 Å². The van der Waals surface area contributed by atoms with Gasteiger partial charge in [0.05, 0.1) is 5.57 Å². The number of aliphatic hydroxyl groups excluding tert-OH is 1. The third-order valence-electron chi connectivity index (χ3n) is 3.70. The Bertz CT molecular complexity index is 894. The van der Waals surface area contributed by atoms with Crippen LogP contribution in [0.25, 0.3) is 0 Å². The maximum atomic E-state index is 12.3. The van der Waals surface area contributed by atoms with Crippen LogP contribution >= 0.6 is 0 Å². The van der Waals surface area contributed by atoms with Gasteiger partial charge in [0.1, 0.15) is 17.1 Å². The number of rotatable bonds is 6. The number of hydrogen-bond acceptors (Lipinski definition) is 7. The molecule has 0 aromatic heterocycles. The van der Waals surface area contributed by atoms with Gasteiger partial charge in [0.2, 0.25) is 6.23 Å². The number of benzene rings is 2. The largest absolute Gasteiger partial charge is 0.478 e. The van der Waals surface area contributed by atoms with E-state index < -0.39 is 35.5 Å². The zero-order chi connectivity index (χ0) is 19.4. The highest BCUT2D eigenvalue weighted by atomic mass is 16.6. The lowest BCUT2D eigenvalue weighted by Crippen LogP contribution is -2.23. The maximum absolute atomic E-state index is 12.3. The van der Waals surface area contributed by atoms with Crippen molar-refractivity contribution >= 4 is 17.6 Å². The molecule has 3 N–H and O–H groups in total. The minimum absolute atomic E-state index is 0.326. The molecule has 1 amide bonds. The van der Waals surface area contributed by atoms with E-state index in [4.69, 9.17) is 9.84 Å². The van der Waals surface area contributed by atoms with E-state index in [1.165, 1.54) is 12.1 Å². The van der Waals surface area contributed by atoms with Gasteiger partial charge in [-0.15, -0.1) is 4.91 Å².